The number of fused-ring (bicyclic) bond motifs is 1. The van der Waals surface area contributed by atoms with Crippen molar-refractivity contribution < 1.29 is 25.8 Å². The van der Waals surface area contributed by atoms with E-state index < -0.39 is 0 Å². The van der Waals surface area contributed by atoms with Crippen LogP contribution < -0.4 is 10.6 Å². The third-order valence-electron chi connectivity index (χ3n) is 6.07. The van der Waals surface area contributed by atoms with Gasteiger partial charge in [0.2, 0.25) is 0 Å². The quantitative estimate of drug-likeness (QED) is 0.101. The Kier molecular flexibility index (Phi) is 12.6. The van der Waals surface area contributed by atoms with Crippen molar-refractivity contribution in [2.45, 2.75) is 26.2 Å². The predicted molar refractivity (Wildman–Crippen MR) is 160 cm³/mol. The standard InChI is InChI=1S/C16H14P.C14H14.C5H5.Hf/c1-12-6-2-5-9-15(12)17-16-11-10-13-7-3-4-8-14(13)16;1-3-7-13(8-4-1)11-12-14-9-5-2-6-10-14;1-2-4-5-3-1;/h2-11,17H,1H3;1-10H,11-12H2;1-3H,4H2;/q-1;;-1;. The van der Waals surface area contributed by atoms with Crippen LogP contribution in [0, 0.1) is 13.0 Å². The van der Waals surface area contributed by atoms with E-state index in [2.05, 4.69) is 140 Å². The fourth-order valence-electron chi connectivity index (χ4n) is 4.04. The third-order valence-corrected chi connectivity index (χ3v) is 7.60. The maximum Gasteiger partial charge on any atom is 0 e. The molecule has 0 spiro atoms. The topological polar surface area (TPSA) is 0 Å². The fourth-order valence-corrected chi connectivity index (χ4v) is 5.32. The second-order valence-electron chi connectivity index (χ2n) is 8.75. The summed E-state index contributed by atoms with van der Waals surface area (Å²) in [5, 5.41) is 5.65. The Balaban J connectivity index is 0.000000171. The Labute approximate surface area is 243 Å². The molecule has 1 aliphatic carbocycles. The van der Waals surface area contributed by atoms with Gasteiger partial charge in [0, 0.05) is 25.8 Å². The summed E-state index contributed by atoms with van der Waals surface area (Å²) < 4.78 is 0. The van der Waals surface area contributed by atoms with Gasteiger partial charge in [-0.15, -0.1) is 55.3 Å². The second kappa shape index (κ2) is 16.2. The van der Waals surface area contributed by atoms with Crippen molar-refractivity contribution in [3.8, 4) is 0 Å². The molecule has 0 heterocycles. The molecule has 0 nitrogen and oxygen atoms in total. The van der Waals surface area contributed by atoms with Gasteiger partial charge in [-0.3, -0.25) is 6.08 Å². The van der Waals surface area contributed by atoms with Crippen molar-refractivity contribution in [3.63, 3.8) is 0 Å². The van der Waals surface area contributed by atoms with Crippen LogP contribution >= 0.6 is 8.58 Å². The van der Waals surface area contributed by atoms with Gasteiger partial charge in [0.25, 0.3) is 0 Å². The summed E-state index contributed by atoms with van der Waals surface area (Å²) in [7, 11) is 0.754. The molecule has 6 rings (SSSR count). The van der Waals surface area contributed by atoms with E-state index in [0.29, 0.717) is 0 Å². The van der Waals surface area contributed by atoms with Gasteiger partial charge in [0.15, 0.2) is 0 Å². The zero-order valence-corrected chi connectivity index (χ0v) is 26.0. The van der Waals surface area contributed by atoms with Crippen LogP contribution in [-0.2, 0) is 38.7 Å². The van der Waals surface area contributed by atoms with Crippen LogP contribution in [0.4, 0.5) is 0 Å². The Morgan fingerprint density at radius 1 is 0.703 bits per heavy atom. The normalized spacial score (nSPS) is 11.5. The van der Waals surface area contributed by atoms with Gasteiger partial charge in [-0.05, 0) is 41.8 Å². The van der Waals surface area contributed by atoms with Gasteiger partial charge in [-0.1, -0.05) is 91.0 Å². The molecule has 0 aromatic heterocycles. The number of allylic oxidation sites excluding steroid dienone is 4. The summed E-state index contributed by atoms with van der Waals surface area (Å²) >= 11 is 0. The summed E-state index contributed by atoms with van der Waals surface area (Å²) in [6, 6.07) is 43.0. The van der Waals surface area contributed by atoms with E-state index in [4.69, 9.17) is 0 Å². The number of rotatable bonds is 5. The smallest absolute Gasteiger partial charge is 0 e. The Morgan fingerprint density at radius 3 is 1.86 bits per heavy atom. The van der Waals surface area contributed by atoms with E-state index in [0.717, 1.165) is 27.8 Å². The molecule has 0 amide bonds. The minimum absolute atomic E-state index is 0. The van der Waals surface area contributed by atoms with Gasteiger partial charge in [-0.2, -0.15) is 12.1 Å². The molecule has 184 valence electrons. The molecule has 1 aliphatic rings. The van der Waals surface area contributed by atoms with E-state index in [1.807, 2.05) is 12.2 Å². The Morgan fingerprint density at radius 2 is 1.30 bits per heavy atom. The van der Waals surface area contributed by atoms with Crippen molar-refractivity contribution in [1.29, 1.82) is 0 Å². The monoisotopic (exact) mass is 664 g/mol. The molecule has 0 saturated heterocycles. The Bertz CT molecular complexity index is 1330. The SMILES string of the molecule is Cc1ccccc1P[c-]1ccc2ccccc21.[C-]1=CC=CC1.[Hf].c1ccc(CCc2ccccc2)cc1. The molecule has 1 atom stereocenters. The molecule has 0 saturated carbocycles. The van der Waals surface area contributed by atoms with Crippen LogP contribution in [-0.4, -0.2) is 0 Å². The van der Waals surface area contributed by atoms with Gasteiger partial charge in [-0.25, -0.2) is 12.2 Å². The maximum atomic E-state index is 2.99. The van der Waals surface area contributed by atoms with Crippen molar-refractivity contribution in [3.05, 3.63) is 162 Å². The van der Waals surface area contributed by atoms with E-state index >= 15 is 0 Å². The van der Waals surface area contributed by atoms with Crippen LogP contribution in [0.2, 0.25) is 0 Å². The van der Waals surface area contributed by atoms with Crippen molar-refractivity contribution in [2.24, 2.45) is 0 Å². The Hall–Kier alpha value is -2.73. The maximum absolute atomic E-state index is 2.99. The van der Waals surface area contributed by atoms with Gasteiger partial charge >= 0.3 is 0 Å². The number of hydrogen-bond acceptors (Lipinski definition) is 0. The third kappa shape index (κ3) is 9.58. The molecule has 5 aromatic carbocycles. The van der Waals surface area contributed by atoms with E-state index in [1.54, 1.807) is 0 Å². The van der Waals surface area contributed by atoms with Crippen molar-refractivity contribution >= 4 is 30.0 Å². The number of aryl methyl sites for hydroxylation is 3. The first-order valence-electron chi connectivity index (χ1n) is 12.6. The first-order chi connectivity index (χ1) is 17.8. The summed E-state index contributed by atoms with van der Waals surface area (Å²) in [4.78, 5) is 0. The van der Waals surface area contributed by atoms with Crippen LogP contribution in [0.15, 0.2) is 140 Å². The van der Waals surface area contributed by atoms with Crippen LogP contribution in [0.1, 0.15) is 23.1 Å². The van der Waals surface area contributed by atoms with Crippen molar-refractivity contribution in [2.75, 3.05) is 0 Å². The second-order valence-corrected chi connectivity index (χ2v) is 10.1. The van der Waals surface area contributed by atoms with Gasteiger partial charge in [0.05, 0.1) is 0 Å². The molecular formula is C35H33HfP-2. The van der Waals surface area contributed by atoms with Gasteiger partial charge in [0.1, 0.15) is 0 Å². The number of hydrogen-bond donors (Lipinski definition) is 0. The van der Waals surface area contributed by atoms with Crippen LogP contribution in [0.25, 0.3) is 10.8 Å². The molecule has 0 radical (unpaired) electrons. The van der Waals surface area contributed by atoms with E-state index in [9.17, 15) is 0 Å². The van der Waals surface area contributed by atoms with Crippen LogP contribution in [0.5, 0.6) is 0 Å². The largest absolute Gasteiger partial charge is 0.273 e. The molecule has 1 unspecified atom stereocenters. The average molecular weight is 663 g/mol. The molecule has 0 N–H and O–H groups in total. The molecular weight excluding hydrogens is 630 g/mol. The molecule has 2 heteroatoms. The first kappa shape index (κ1) is 28.8. The summed E-state index contributed by atoms with van der Waals surface area (Å²) in [5.74, 6) is 0. The van der Waals surface area contributed by atoms with E-state index in [-0.39, 0.29) is 25.8 Å². The minimum atomic E-state index is 0. The molecule has 0 bridgehead atoms. The van der Waals surface area contributed by atoms with Crippen molar-refractivity contribution in [1.82, 2.24) is 0 Å². The first-order valence-corrected chi connectivity index (χ1v) is 13.6. The van der Waals surface area contributed by atoms with Crippen LogP contribution in [0.3, 0.4) is 0 Å². The fraction of sp³-hybridized carbons (Fsp3) is 0.114. The number of benzene rings is 4. The van der Waals surface area contributed by atoms with E-state index in [1.165, 1.54) is 38.1 Å². The zero-order valence-electron chi connectivity index (χ0n) is 21.4. The summed E-state index contributed by atoms with van der Waals surface area (Å²) in [6.45, 7) is 2.19. The predicted octanol–water partition coefficient (Wildman–Crippen LogP) is 8.27. The summed E-state index contributed by atoms with van der Waals surface area (Å²) in [6.07, 6.45) is 12.3. The minimum Gasteiger partial charge on any atom is -0.273 e. The molecule has 0 fully saturated rings. The average Bonchev–Trinajstić information content (AvgIpc) is 3.65. The van der Waals surface area contributed by atoms with Gasteiger partial charge < -0.3 is 0 Å². The zero-order chi connectivity index (χ0) is 24.8. The molecule has 5 aromatic rings. The molecule has 37 heavy (non-hydrogen) atoms. The summed E-state index contributed by atoms with van der Waals surface area (Å²) in [5.41, 5.74) is 4.21. The molecule has 0 aliphatic heterocycles.